The Balaban J connectivity index is 1.79. The van der Waals surface area contributed by atoms with E-state index in [2.05, 4.69) is 14.9 Å². The first-order valence-electron chi connectivity index (χ1n) is 8.71. The predicted molar refractivity (Wildman–Crippen MR) is 105 cm³/mol. The van der Waals surface area contributed by atoms with Crippen LogP contribution >= 0.6 is 11.3 Å². The van der Waals surface area contributed by atoms with E-state index in [1.54, 1.807) is 6.07 Å². The summed E-state index contributed by atoms with van der Waals surface area (Å²) in [5.41, 5.74) is 0.813. The molecular weight excluding hydrogens is 423 g/mol. The molecule has 1 atom stereocenters. The molecule has 0 aliphatic carbocycles. The molecule has 0 spiro atoms. The normalized spacial score (nSPS) is 12.9. The van der Waals surface area contributed by atoms with E-state index in [0.29, 0.717) is 29.6 Å². The Kier molecular flexibility index (Phi) is 6.23. The number of hydrogen-bond donors (Lipinski definition) is 1. The smallest absolute Gasteiger partial charge is 0.253 e. The van der Waals surface area contributed by atoms with Crippen LogP contribution in [0, 0.1) is 23.4 Å². The van der Waals surface area contributed by atoms with Crippen LogP contribution in [0.2, 0.25) is 0 Å². The molecule has 1 heterocycles. The van der Waals surface area contributed by atoms with Crippen molar-refractivity contribution in [1.82, 2.24) is 10.2 Å². The summed E-state index contributed by atoms with van der Waals surface area (Å²) in [6.07, 6.45) is 0.440. The van der Waals surface area contributed by atoms with E-state index in [1.807, 2.05) is 19.9 Å². The van der Waals surface area contributed by atoms with Gasteiger partial charge in [0.15, 0.2) is 0 Å². The van der Waals surface area contributed by atoms with Crippen molar-refractivity contribution in [1.29, 1.82) is 0 Å². The molecule has 3 aromatic rings. The summed E-state index contributed by atoms with van der Waals surface area (Å²) in [5.74, 6) is -2.20. The molecule has 0 aliphatic rings. The van der Waals surface area contributed by atoms with E-state index >= 15 is 0 Å². The van der Waals surface area contributed by atoms with Crippen molar-refractivity contribution < 1.29 is 21.6 Å². The first-order valence-corrected chi connectivity index (χ1v) is 11.0. The molecule has 0 fully saturated rings. The fourth-order valence-corrected chi connectivity index (χ4v) is 4.97. The van der Waals surface area contributed by atoms with Crippen LogP contribution < -0.4 is 4.72 Å². The van der Waals surface area contributed by atoms with Gasteiger partial charge in [-0.25, -0.2) is 21.6 Å². The van der Waals surface area contributed by atoms with Crippen LogP contribution in [-0.4, -0.2) is 18.6 Å². The number of halogens is 3. The molecule has 0 radical (unpaired) electrons. The molecule has 1 N–H and O–H groups in total. The highest BCUT2D eigenvalue weighted by atomic mass is 32.2. The number of nitrogens with zero attached hydrogens (tertiary/aromatic N) is 2. The maximum absolute atomic E-state index is 13.6. The van der Waals surface area contributed by atoms with Crippen LogP contribution in [0.4, 0.5) is 18.3 Å². The molecule has 29 heavy (non-hydrogen) atoms. The molecule has 0 saturated heterocycles. The Bertz CT molecular complexity index is 1100. The van der Waals surface area contributed by atoms with Gasteiger partial charge < -0.3 is 0 Å². The number of anilines is 1. The maximum Gasteiger partial charge on any atom is 0.263 e. The third kappa shape index (κ3) is 5.33. The number of sulfonamides is 1. The first-order chi connectivity index (χ1) is 13.6. The van der Waals surface area contributed by atoms with Crippen molar-refractivity contribution in [3.05, 3.63) is 70.5 Å². The second-order valence-corrected chi connectivity index (χ2v) is 9.57. The molecule has 10 heteroatoms. The fraction of sp³-hybridized carbons (Fsp3) is 0.263. The van der Waals surface area contributed by atoms with Gasteiger partial charge in [-0.1, -0.05) is 37.3 Å². The molecule has 0 aliphatic heterocycles. The summed E-state index contributed by atoms with van der Waals surface area (Å²) >= 11 is 1.01. The summed E-state index contributed by atoms with van der Waals surface area (Å²) in [5, 5.41) is 8.34. The number of benzene rings is 2. The van der Waals surface area contributed by atoms with Gasteiger partial charge in [0, 0.05) is 12.5 Å². The van der Waals surface area contributed by atoms with Crippen LogP contribution in [-0.2, 0) is 16.4 Å². The highest BCUT2D eigenvalue weighted by Crippen LogP contribution is 2.31. The summed E-state index contributed by atoms with van der Waals surface area (Å²) < 4.78 is 67.1. The second kappa shape index (κ2) is 8.50. The standard InChI is InChI=1S/C19H18F3N3O2S2/c1-11(2)17(12-4-3-5-13(20)6-12)10-18-23-24-19(28-18)25-29(26,27)16-8-14(21)7-15(22)9-16/h3-9,11,17H,10H2,1-2H3,(H,24,25)/t17-/m1/s1. The van der Waals surface area contributed by atoms with Gasteiger partial charge in [-0.15, -0.1) is 10.2 Å². The van der Waals surface area contributed by atoms with Gasteiger partial charge in [0.1, 0.15) is 22.5 Å². The van der Waals surface area contributed by atoms with Crippen LogP contribution in [0.25, 0.3) is 0 Å². The Morgan fingerprint density at radius 1 is 1.00 bits per heavy atom. The van der Waals surface area contributed by atoms with Crippen molar-refractivity contribution in [2.45, 2.75) is 31.1 Å². The average Bonchev–Trinajstić information content (AvgIpc) is 3.05. The zero-order valence-corrected chi connectivity index (χ0v) is 17.2. The van der Waals surface area contributed by atoms with Crippen LogP contribution in [0.15, 0.2) is 47.4 Å². The minimum atomic E-state index is -4.22. The van der Waals surface area contributed by atoms with E-state index in [-0.39, 0.29) is 22.8 Å². The fourth-order valence-electron chi connectivity index (χ4n) is 2.90. The molecule has 0 amide bonds. The van der Waals surface area contributed by atoms with E-state index in [0.717, 1.165) is 16.9 Å². The van der Waals surface area contributed by atoms with Gasteiger partial charge >= 0.3 is 0 Å². The Hall–Kier alpha value is -2.46. The topological polar surface area (TPSA) is 72.0 Å². The zero-order valence-electron chi connectivity index (χ0n) is 15.6. The summed E-state index contributed by atoms with van der Waals surface area (Å²) in [7, 11) is -4.22. The van der Waals surface area contributed by atoms with Crippen molar-refractivity contribution >= 4 is 26.5 Å². The second-order valence-electron chi connectivity index (χ2n) is 6.82. The van der Waals surface area contributed by atoms with Crippen LogP contribution in [0.5, 0.6) is 0 Å². The lowest BCUT2D eigenvalue weighted by Gasteiger charge is -2.20. The first kappa shape index (κ1) is 21.3. The third-order valence-electron chi connectivity index (χ3n) is 4.31. The lowest BCUT2D eigenvalue weighted by molar-refractivity contribution is 0.490. The monoisotopic (exact) mass is 441 g/mol. The van der Waals surface area contributed by atoms with E-state index in [1.165, 1.54) is 12.1 Å². The van der Waals surface area contributed by atoms with E-state index in [9.17, 15) is 21.6 Å². The highest BCUT2D eigenvalue weighted by molar-refractivity contribution is 7.93. The summed E-state index contributed by atoms with van der Waals surface area (Å²) in [6, 6.07) is 8.31. The molecule has 0 unspecified atom stereocenters. The van der Waals surface area contributed by atoms with Gasteiger partial charge in [-0.05, 0) is 41.7 Å². The molecule has 3 rings (SSSR count). The minimum absolute atomic E-state index is 0.0218. The quantitative estimate of drug-likeness (QED) is 0.575. The van der Waals surface area contributed by atoms with Crippen molar-refractivity contribution in [2.24, 2.45) is 5.92 Å². The SMILES string of the molecule is CC(C)[C@@H](Cc1nnc(NS(=O)(=O)c2cc(F)cc(F)c2)s1)c1cccc(F)c1. The van der Waals surface area contributed by atoms with Gasteiger partial charge in [0.05, 0.1) is 4.90 Å². The van der Waals surface area contributed by atoms with Gasteiger partial charge in [0.25, 0.3) is 10.0 Å². The largest absolute Gasteiger partial charge is 0.263 e. The van der Waals surface area contributed by atoms with Crippen LogP contribution in [0.1, 0.15) is 30.3 Å². The average molecular weight is 442 g/mol. The third-order valence-corrected chi connectivity index (χ3v) is 6.62. The van der Waals surface area contributed by atoms with E-state index < -0.39 is 26.6 Å². The zero-order chi connectivity index (χ0) is 21.2. The number of aromatic nitrogens is 2. The molecular formula is C19H18F3N3O2S2. The van der Waals surface area contributed by atoms with Crippen molar-refractivity contribution in [2.75, 3.05) is 4.72 Å². The van der Waals surface area contributed by atoms with E-state index in [4.69, 9.17) is 0 Å². The number of nitrogens with one attached hydrogen (secondary N) is 1. The van der Waals surface area contributed by atoms with Crippen LogP contribution in [0.3, 0.4) is 0 Å². The predicted octanol–water partition coefficient (Wildman–Crippen LogP) is 4.74. The molecule has 154 valence electrons. The van der Waals surface area contributed by atoms with Crippen molar-refractivity contribution in [3.8, 4) is 0 Å². The minimum Gasteiger partial charge on any atom is -0.253 e. The lowest BCUT2D eigenvalue weighted by Crippen LogP contribution is -2.13. The van der Waals surface area contributed by atoms with Gasteiger partial charge in [-0.3, -0.25) is 4.72 Å². The van der Waals surface area contributed by atoms with Gasteiger partial charge in [0.2, 0.25) is 5.13 Å². The molecule has 0 bridgehead atoms. The maximum atomic E-state index is 13.6. The van der Waals surface area contributed by atoms with Gasteiger partial charge in [-0.2, -0.15) is 0 Å². The lowest BCUT2D eigenvalue weighted by atomic mass is 9.86. The summed E-state index contributed by atoms with van der Waals surface area (Å²) in [4.78, 5) is -0.549. The Morgan fingerprint density at radius 3 is 2.31 bits per heavy atom. The molecule has 2 aromatic carbocycles. The molecule has 0 saturated carbocycles. The Labute approximate surface area is 170 Å². The highest BCUT2D eigenvalue weighted by Gasteiger charge is 2.22. The summed E-state index contributed by atoms with van der Waals surface area (Å²) in [6.45, 7) is 4.00. The molecule has 5 nitrogen and oxygen atoms in total. The molecule has 1 aromatic heterocycles. The number of hydrogen-bond acceptors (Lipinski definition) is 5. The van der Waals surface area contributed by atoms with Crippen molar-refractivity contribution in [3.63, 3.8) is 0 Å². The Morgan fingerprint density at radius 2 is 1.69 bits per heavy atom. The number of rotatable bonds is 7.